The van der Waals surface area contributed by atoms with E-state index in [1.54, 1.807) is 6.20 Å². The van der Waals surface area contributed by atoms with Gasteiger partial charge in [0.25, 0.3) is 5.56 Å². The van der Waals surface area contributed by atoms with E-state index in [4.69, 9.17) is 4.74 Å². The lowest BCUT2D eigenvalue weighted by molar-refractivity contribution is 0.0667. The molecule has 0 amide bonds. The van der Waals surface area contributed by atoms with Crippen molar-refractivity contribution in [2.75, 3.05) is 0 Å². The highest BCUT2D eigenvalue weighted by atomic mass is 16.5. The number of aryl methyl sites for hydroxylation is 1. The van der Waals surface area contributed by atoms with Gasteiger partial charge in [-0.25, -0.2) is 0 Å². The fourth-order valence-corrected chi connectivity index (χ4v) is 3.28. The lowest BCUT2D eigenvalue weighted by Crippen LogP contribution is -2.43. The van der Waals surface area contributed by atoms with Gasteiger partial charge in [-0.2, -0.15) is 4.98 Å². The van der Waals surface area contributed by atoms with Crippen LogP contribution in [0.1, 0.15) is 38.8 Å². The molecule has 3 aromatic heterocycles. The first-order valence-corrected chi connectivity index (χ1v) is 7.74. The molecule has 0 radical (unpaired) electrons. The van der Waals surface area contributed by atoms with Gasteiger partial charge >= 0.3 is 0 Å². The van der Waals surface area contributed by atoms with Gasteiger partial charge in [-0.15, -0.1) is 0 Å². The lowest BCUT2D eigenvalue weighted by atomic mass is 9.74. The van der Waals surface area contributed by atoms with Gasteiger partial charge in [-0.05, 0) is 38.5 Å². The number of hydrogen-bond acceptors (Lipinski definition) is 4. The van der Waals surface area contributed by atoms with E-state index in [2.05, 4.69) is 9.97 Å². The van der Waals surface area contributed by atoms with Gasteiger partial charge in [-0.3, -0.25) is 14.2 Å². The summed E-state index contributed by atoms with van der Waals surface area (Å²) in [6, 6.07) is 3.80. The summed E-state index contributed by atoms with van der Waals surface area (Å²) in [7, 11) is 0. The quantitative estimate of drug-likeness (QED) is 0.599. The van der Waals surface area contributed by atoms with Crippen molar-refractivity contribution >= 4 is 16.6 Å². The van der Waals surface area contributed by atoms with Crippen molar-refractivity contribution in [3.05, 3.63) is 46.0 Å². The predicted octanol–water partition coefficient (Wildman–Crippen LogP) is 3.00. The largest absolute Gasteiger partial charge is 0.471 e. The summed E-state index contributed by atoms with van der Waals surface area (Å²) in [5, 5.41) is 0.860. The Labute approximate surface area is 134 Å². The summed E-state index contributed by atoms with van der Waals surface area (Å²) in [6.07, 6.45) is 3.70. The third-order valence-electron chi connectivity index (χ3n) is 5.31. The maximum Gasteiger partial charge on any atom is 0.281 e. The fraction of sp³-hybridized carbons (Fsp3) is 0.389. The Hall–Kier alpha value is -2.43. The number of aromatic nitrogens is 3. The minimum absolute atomic E-state index is 0.218. The number of rotatable bonds is 0. The third-order valence-corrected chi connectivity index (χ3v) is 5.31. The van der Waals surface area contributed by atoms with Crippen molar-refractivity contribution in [2.45, 2.75) is 45.6 Å². The summed E-state index contributed by atoms with van der Waals surface area (Å²) in [5.74, 6) is 0.601. The van der Waals surface area contributed by atoms with E-state index in [0.717, 1.165) is 16.5 Å². The molecule has 0 aromatic carbocycles. The zero-order valence-electron chi connectivity index (χ0n) is 14.0. The van der Waals surface area contributed by atoms with Crippen LogP contribution in [0.2, 0.25) is 0 Å². The van der Waals surface area contributed by atoms with Crippen molar-refractivity contribution in [1.82, 2.24) is 14.4 Å². The molecule has 4 heterocycles. The third kappa shape index (κ3) is 1.65. The van der Waals surface area contributed by atoms with Crippen LogP contribution < -0.4 is 10.3 Å². The molecule has 1 aliphatic heterocycles. The minimum Gasteiger partial charge on any atom is -0.471 e. The maximum atomic E-state index is 12.7. The average Bonchev–Trinajstić information content (AvgIpc) is 2.67. The van der Waals surface area contributed by atoms with Crippen LogP contribution in [0.25, 0.3) is 16.6 Å². The molecule has 1 aliphatic rings. The summed E-state index contributed by atoms with van der Waals surface area (Å²) in [5.41, 5.74) is 2.01. The molecule has 0 saturated heterocycles. The number of hydrogen-bond donors (Lipinski definition) is 0. The van der Waals surface area contributed by atoms with E-state index >= 15 is 0 Å². The van der Waals surface area contributed by atoms with Crippen LogP contribution in [0.5, 0.6) is 5.88 Å². The lowest BCUT2D eigenvalue weighted by Gasteiger charge is -2.32. The van der Waals surface area contributed by atoms with E-state index in [1.807, 2.05) is 57.3 Å². The zero-order valence-corrected chi connectivity index (χ0v) is 14.0. The molecule has 3 aromatic rings. The van der Waals surface area contributed by atoms with Gasteiger partial charge in [0.05, 0.1) is 11.1 Å². The molecule has 0 saturated carbocycles. The summed E-state index contributed by atoms with van der Waals surface area (Å²) in [4.78, 5) is 21.5. The van der Waals surface area contributed by atoms with Crippen molar-refractivity contribution < 1.29 is 4.74 Å². The van der Waals surface area contributed by atoms with Gasteiger partial charge < -0.3 is 4.74 Å². The number of pyridine rings is 2. The smallest absolute Gasteiger partial charge is 0.281 e. The molecular formula is C18H19N3O2. The number of fused-ring (bicyclic) bond motifs is 5. The van der Waals surface area contributed by atoms with Crippen LogP contribution in [0.15, 0.2) is 29.3 Å². The SMILES string of the molecule is Cc1cn2c3c(c(=O)nc2c2cccnc12)C(C)(C)C(C)(C)O3. The van der Waals surface area contributed by atoms with Crippen LogP contribution >= 0.6 is 0 Å². The van der Waals surface area contributed by atoms with Gasteiger partial charge in [-0.1, -0.05) is 13.8 Å². The second-order valence-electron chi connectivity index (χ2n) is 7.24. The Morgan fingerprint density at radius 1 is 1.22 bits per heavy atom. The highest BCUT2D eigenvalue weighted by Crippen LogP contribution is 2.47. The summed E-state index contributed by atoms with van der Waals surface area (Å²) < 4.78 is 8.11. The standard InChI is InChI=1S/C18H19N3O2/c1-10-9-21-14(11-7-6-8-19-13(10)11)20-15(22)12-16(21)23-18(4,5)17(12,2)3/h6-9H,1-5H3. The minimum atomic E-state index is -0.477. The van der Waals surface area contributed by atoms with E-state index in [9.17, 15) is 4.79 Å². The molecule has 0 fully saturated rings. The van der Waals surface area contributed by atoms with Crippen molar-refractivity contribution in [3.8, 4) is 5.88 Å². The summed E-state index contributed by atoms with van der Waals surface area (Å²) >= 11 is 0. The molecular weight excluding hydrogens is 290 g/mol. The molecule has 0 N–H and O–H groups in total. The Balaban J connectivity index is 2.24. The molecule has 5 heteroatoms. The molecule has 0 atom stereocenters. The highest BCUT2D eigenvalue weighted by molar-refractivity contribution is 5.93. The molecule has 0 bridgehead atoms. The molecule has 118 valence electrons. The van der Waals surface area contributed by atoms with Crippen molar-refractivity contribution in [3.63, 3.8) is 0 Å². The Bertz CT molecular complexity index is 1030. The van der Waals surface area contributed by atoms with Crippen molar-refractivity contribution in [1.29, 1.82) is 0 Å². The zero-order chi connectivity index (χ0) is 16.6. The fourth-order valence-electron chi connectivity index (χ4n) is 3.28. The molecule has 0 unspecified atom stereocenters. The van der Waals surface area contributed by atoms with Gasteiger partial charge in [0.1, 0.15) is 5.60 Å². The van der Waals surface area contributed by atoms with Crippen LogP contribution in [0.4, 0.5) is 0 Å². The molecule has 23 heavy (non-hydrogen) atoms. The first-order valence-electron chi connectivity index (χ1n) is 7.74. The predicted molar refractivity (Wildman–Crippen MR) is 89.2 cm³/mol. The van der Waals surface area contributed by atoms with Crippen LogP contribution in [-0.2, 0) is 5.41 Å². The average molecular weight is 309 g/mol. The van der Waals surface area contributed by atoms with E-state index in [1.165, 1.54) is 0 Å². The monoisotopic (exact) mass is 309 g/mol. The van der Waals surface area contributed by atoms with Gasteiger partial charge in [0, 0.05) is 23.2 Å². The van der Waals surface area contributed by atoms with Crippen LogP contribution in [0, 0.1) is 6.92 Å². The second kappa shape index (κ2) is 4.10. The highest BCUT2D eigenvalue weighted by Gasteiger charge is 2.51. The topological polar surface area (TPSA) is 56.5 Å². The van der Waals surface area contributed by atoms with Crippen molar-refractivity contribution in [2.24, 2.45) is 0 Å². The molecule has 5 nitrogen and oxygen atoms in total. The van der Waals surface area contributed by atoms with E-state index in [-0.39, 0.29) is 5.56 Å². The molecule has 4 rings (SSSR count). The van der Waals surface area contributed by atoms with Crippen LogP contribution in [0.3, 0.4) is 0 Å². The molecule has 0 spiro atoms. The first kappa shape index (κ1) is 14.2. The Morgan fingerprint density at radius 3 is 2.70 bits per heavy atom. The Morgan fingerprint density at radius 2 is 1.96 bits per heavy atom. The molecule has 0 aliphatic carbocycles. The van der Waals surface area contributed by atoms with Gasteiger partial charge in [0.15, 0.2) is 5.65 Å². The maximum absolute atomic E-state index is 12.7. The van der Waals surface area contributed by atoms with E-state index < -0.39 is 11.0 Å². The van der Waals surface area contributed by atoms with Crippen LogP contribution in [-0.4, -0.2) is 20.0 Å². The number of ether oxygens (including phenoxy) is 1. The second-order valence-corrected chi connectivity index (χ2v) is 7.24. The Kier molecular flexibility index (Phi) is 2.53. The summed E-state index contributed by atoms with van der Waals surface area (Å²) in [6.45, 7) is 10.1. The van der Waals surface area contributed by atoms with E-state index in [0.29, 0.717) is 17.1 Å². The number of nitrogens with zero attached hydrogens (tertiary/aromatic N) is 3. The van der Waals surface area contributed by atoms with Gasteiger partial charge in [0.2, 0.25) is 5.88 Å². The first-order chi connectivity index (χ1) is 10.7. The normalized spacial score (nSPS) is 18.1.